The minimum Gasteiger partial charge on any atom is -0.494 e. The molecule has 3 saturated heterocycles. The lowest BCUT2D eigenvalue weighted by atomic mass is 9.74. The van der Waals surface area contributed by atoms with Crippen molar-refractivity contribution in [2.45, 2.75) is 50.4 Å². The number of likely N-dealkylation sites (tertiary alicyclic amines) is 1. The predicted molar refractivity (Wildman–Crippen MR) is 168 cm³/mol. The monoisotopic (exact) mass is 622 g/mol. The van der Waals surface area contributed by atoms with Gasteiger partial charge in [-0.2, -0.15) is 0 Å². The van der Waals surface area contributed by atoms with Crippen LogP contribution in [-0.2, 0) is 23.9 Å². The Morgan fingerprint density at radius 2 is 1.64 bits per heavy atom. The topological polar surface area (TPSA) is 112 Å². The van der Waals surface area contributed by atoms with E-state index in [1.54, 1.807) is 9.80 Å². The standard InChI is InChI=1S/C34H46N4O7/c1-3-44-26-11-9-25(10-12-26)37-17-7-13-33(2)27(30(37)40)28-31(41)38(16-5-4-6-22-39)29-32(42)36(15-8-14-34(28,29)45-33)19-18-35-20-23-43-24-21-35/h7-14,27-29,39H,3-6,15-24H2,1-2H3/t27-,28+,29?,33+,34+/m1/s1. The molecular formula is C34H46N4O7. The molecule has 1 unspecified atom stereocenters. The van der Waals surface area contributed by atoms with E-state index in [0.717, 1.165) is 31.8 Å². The number of aliphatic hydroxyl groups is 1. The maximum absolute atomic E-state index is 14.6. The first-order valence-electron chi connectivity index (χ1n) is 16.4. The first-order valence-corrected chi connectivity index (χ1v) is 16.4. The molecule has 1 aromatic rings. The minimum atomic E-state index is -1.28. The first-order chi connectivity index (χ1) is 21.8. The first kappa shape index (κ1) is 31.7. The van der Waals surface area contributed by atoms with Crippen LogP contribution in [0, 0.1) is 11.8 Å². The zero-order chi connectivity index (χ0) is 31.6. The second kappa shape index (κ2) is 13.2. The Morgan fingerprint density at radius 3 is 2.38 bits per heavy atom. The van der Waals surface area contributed by atoms with Crippen LogP contribution in [0.25, 0.3) is 0 Å². The van der Waals surface area contributed by atoms with Crippen LogP contribution in [-0.4, -0.2) is 127 Å². The summed E-state index contributed by atoms with van der Waals surface area (Å²) in [6.07, 6.45) is 9.68. The number of rotatable bonds is 11. The van der Waals surface area contributed by atoms with Crippen LogP contribution in [0.5, 0.6) is 5.75 Å². The van der Waals surface area contributed by atoms with Gasteiger partial charge < -0.3 is 34.0 Å². The number of nitrogens with zero attached hydrogens (tertiary/aromatic N) is 4. The minimum absolute atomic E-state index is 0.0761. The molecule has 11 nitrogen and oxygen atoms in total. The van der Waals surface area contributed by atoms with Crippen molar-refractivity contribution in [3.05, 3.63) is 48.6 Å². The molecule has 1 N–H and O–H groups in total. The van der Waals surface area contributed by atoms with Gasteiger partial charge in [0, 0.05) is 58.1 Å². The Balaban J connectivity index is 1.33. The molecular weight excluding hydrogens is 576 g/mol. The van der Waals surface area contributed by atoms with E-state index in [2.05, 4.69) is 4.90 Å². The summed E-state index contributed by atoms with van der Waals surface area (Å²) in [6, 6.07) is 6.53. The van der Waals surface area contributed by atoms with Crippen molar-refractivity contribution in [1.29, 1.82) is 0 Å². The van der Waals surface area contributed by atoms with Gasteiger partial charge in [-0.1, -0.05) is 24.3 Å². The van der Waals surface area contributed by atoms with Gasteiger partial charge in [0.25, 0.3) is 0 Å². The average molecular weight is 623 g/mol. The smallest absolute Gasteiger partial charge is 0.249 e. The van der Waals surface area contributed by atoms with Crippen LogP contribution >= 0.6 is 0 Å². The van der Waals surface area contributed by atoms with E-state index in [1.807, 2.05) is 67.3 Å². The lowest BCUT2D eigenvalue weighted by Gasteiger charge is -2.38. The van der Waals surface area contributed by atoms with E-state index in [4.69, 9.17) is 14.2 Å². The van der Waals surface area contributed by atoms with Crippen LogP contribution in [0.15, 0.2) is 48.6 Å². The summed E-state index contributed by atoms with van der Waals surface area (Å²) in [5.41, 5.74) is -1.64. The van der Waals surface area contributed by atoms with Gasteiger partial charge in [-0.15, -0.1) is 0 Å². The van der Waals surface area contributed by atoms with E-state index < -0.39 is 29.1 Å². The van der Waals surface area contributed by atoms with Crippen molar-refractivity contribution in [3.63, 3.8) is 0 Å². The molecule has 0 radical (unpaired) electrons. The molecule has 0 aliphatic carbocycles. The van der Waals surface area contributed by atoms with Crippen molar-refractivity contribution >= 4 is 23.4 Å². The number of unbranched alkanes of at least 4 members (excludes halogenated alkanes) is 2. The second-order valence-corrected chi connectivity index (χ2v) is 12.7. The van der Waals surface area contributed by atoms with Crippen LogP contribution in [0.4, 0.5) is 5.69 Å². The number of hydrogen-bond acceptors (Lipinski definition) is 8. The number of amides is 3. The highest BCUT2D eigenvalue weighted by Gasteiger charge is 2.74. The molecule has 1 aromatic carbocycles. The van der Waals surface area contributed by atoms with E-state index in [-0.39, 0.29) is 24.3 Å². The van der Waals surface area contributed by atoms with Crippen molar-refractivity contribution in [2.24, 2.45) is 11.8 Å². The fourth-order valence-corrected chi connectivity index (χ4v) is 7.79. The molecule has 5 aliphatic rings. The summed E-state index contributed by atoms with van der Waals surface area (Å²) in [5.74, 6) is -1.52. The molecule has 244 valence electrons. The fourth-order valence-electron chi connectivity index (χ4n) is 7.79. The van der Waals surface area contributed by atoms with Crippen LogP contribution in [0.1, 0.15) is 33.1 Å². The number of aliphatic hydroxyl groups excluding tert-OH is 1. The third-order valence-electron chi connectivity index (χ3n) is 9.95. The second-order valence-electron chi connectivity index (χ2n) is 12.7. The molecule has 11 heteroatoms. The molecule has 45 heavy (non-hydrogen) atoms. The summed E-state index contributed by atoms with van der Waals surface area (Å²) >= 11 is 0. The van der Waals surface area contributed by atoms with Crippen molar-refractivity contribution < 1.29 is 33.7 Å². The molecule has 3 fully saturated rings. The van der Waals surface area contributed by atoms with Gasteiger partial charge in [-0.05, 0) is 57.4 Å². The zero-order valence-electron chi connectivity index (χ0n) is 26.4. The predicted octanol–water partition coefficient (Wildman–Crippen LogP) is 1.85. The lowest BCUT2D eigenvalue weighted by Crippen LogP contribution is -2.56. The Kier molecular flexibility index (Phi) is 9.33. The third kappa shape index (κ3) is 5.80. The number of hydrogen-bond donors (Lipinski definition) is 1. The lowest BCUT2D eigenvalue weighted by molar-refractivity contribution is -0.151. The molecule has 1 spiro atoms. The normalized spacial score (nSPS) is 31.6. The largest absolute Gasteiger partial charge is 0.494 e. The number of carbonyl (C=O) groups excluding carboxylic acids is 3. The summed E-state index contributed by atoms with van der Waals surface area (Å²) in [4.78, 5) is 51.1. The molecule has 5 heterocycles. The summed E-state index contributed by atoms with van der Waals surface area (Å²) in [5, 5.41) is 9.34. The Morgan fingerprint density at radius 1 is 0.889 bits per heavy atom. The summed E-state index contributed by atoms with van der Waals surface area (Å²) < 4.78 is 18.0. The maximum Gasteiger partial charge on any atom is 0.249 e. The molecule has 5 aliphatic heterocycles. The summed E-state index contributed by atoms with van der Waals surface area (Å²) in [7, 11) is 0. The molecule has 0 aromatic heterocycles. The Bertz CT molecular complexity index is 1310. The molecule has 0 saturated carbocycles. The van der Waals surface area contributed by atoms with E-state index >= 15 is 0 Å². The van der Waals surface area contributed by atoms with Crippen LogP contribution in [0.2, 0.25) is 0 Å². The van der Waals surface area contributed by atoms with E-state index in [1.165, 1.54) is 0 Å². The number of benzene rings is 1. The van der Waals surface area contributed by atoms with Gasteiger partial charge in [0.1, 0.15) is 17.4 Å². The van der Waals surface area contributed by atoms with E-state index in [9.17, 15) is 19.5 Å². The number of morpholine rings is 1. The highest BCUT2D eigenvalue weighted by Crippen LogP contribution is 2.57. The highest BCUT2D eigenvalue weighted by molar-refractivity contribution is 6.04. The van der Waals surface area contributed by atoms with Gasteiger partial charge in [-0.3, -0.25) is 19.3 Å². The Hall–Kier alpha value is -3.25. The third-order valence-corrected chi connectivity index (χ3v) is 9.95. The van der Waals surface area contributed by atoms with Gasteiger partial charge in [-0.25, -0.2) is 0 Å². The number of ether oxygens (including phenoxy) is 3. The fraction of sp³-hybridized carbons (Fsp3) is 0.618. The molecule has 0 bridgehead atoms. The Labute approximate surface area is 265 Å². The maximum atomic E-state index is 14.6. The SMILES string of the molecule is CCOc1ccc(N2CC=C[C@]3(C)O[C@]45C=CCN(CCN6CCOCC6)C(=O)C4N(CCCCCO)C(=O)[C@@H]5[C@@H]3C2=O)cc1. The number of fused-ring (bicyclic) bond motifs is 2. The molecule has 5 atom stereocenters. The van der Waals surface area contributed by atoms with Gasteiger partial charge >= 0.3 is 0 Å². The van der Waals surface area contributed by atoms with Gasteiger partial charge in [0.05, 0.1) is 37.3 Å². The number of carbonyl (C=O) groups is 3. The number of anilines is 1. The zero-order valence-corrected chi connectivity index (χ0v) is 26.4. The van der Waals surface area contributed by atoms with E-state index in [0.29, 0.717) is 64.5 Å². The van der Waals surface area contributed by atoms with Crippen LogP contribution < -0.4 is 9.64 Å². The van der Waals surface area contributed by atoms with Gasteiger partial charge in [0.15, 0.2) is 0 Å². The quantitative estimate of drug-likeness (QED) is 0.294. The van der Waals surface area contributed by atoms with Crippen molar-refractivity contribution in [1.82, 2.24) is 14.7 Å². The van der Waals surface area contributed by atoms with Gasteiger partial charge in [0.2, 0.25) is 17.7 Å². The van der Waals surface area contributed by atoms with Crippen LogP contribution in [0.3, 0.4) is 0 Å². The molecule has 3 amide bonds. The average Bonchev–Trinajstić information content (AvgIpc) is 3.31. The van der Waals surface area contributed by atoms with Crippen molar-refractivity contribution in [3.8, 4) is 5.75 Å². The summed E-state index contributed by atoms with van der Waals surface area (Å²) in [6.45, 7) is 9.78. The molecule has 6 rings (SSSR count). The van der Waals surface area contributed by atoms with Crippen molar-refractivity contribution in [2.75, 3.05) is 77.1 Å². The highest BCUT2D eigenvalue weighted by atomic mass is 16.5.